The molecule has 3 unspecified atom stereocenters. The van der Waals surface area contributed by atoms with Crippen LogP contribution in [0.1, 0.15) is 58.8 Å². The van der Waals surface area contributed by atoms with Gasteiger partial charge in [-0.2, -0.15) is 0 Å². The number of likely N-dealkylation sites (N-methyl/N-ethyl adjacent to an activating group) is 1. The molecule has 0 aromatic rings. The van der Waals surface area contributed by atoms with Crippen molar-refractivity contribution in [3.8, 4) is 0 Å². The first-order valence-corrected chi connectivity index (χ1v) is 8.81. The Balaban J connectivity index is 1.87. The standard InChI is InChI=1S/C17H34N2O/c1-4-6-14-7-8-16(18-3)17(13-14)19-11-9-15(10-12-19)20-5-2/h14-18H,4-13H2,1-3H3. The zero-order chi connectivity index (χ0) is 14.4. The van der Waals surface area contributed by atoms with Gasteiger partial charge in [-0.15, -0.1) is 0 Å². The molecular formula is C17H34N2O. The molecule has 0 radical (unpaired) electrons. The minimum absolute atomic E-state index is 0.513. The Hall–Kier alpha value is -0.120. The molecule has 1 heterocycles. The SMILES string of the molecule is CCCC1CCC(NC)C(N2CCC(OCC)CC2)C1. The number of hydrogen-bond acceptors (Lipinski definition) is 3. The van der Waals surface area contributed by atoms with Crippen LogP contribution in [-0.4, -0.2) is 49.8 Å². The van der Waals surface area contributed by atoms with E-state index in [0.717, 1.165) is 18.6 Å². The van der Waals surface area contributed by atoms with Crippen molar-refractivity contribution in [2.24, 2.45) is 5.92 Å². The largest absolute Gasteiger partial charge is 0.378 e. The molecule has 3 nitrogen and oxygen atoms in total. The van der Waals surface area contributed by atoms with E-state index in [0.29, 0.717) is 12.1 Å². The molecule has 0 spiro atoms. The van der Waals surface area contributed by atoms with Gasteiger partial charge in [0.25, 0.3) is 0 Å². The summed E-state index contributed by atoms with van der Waals surface area (Å²) in [5.74, 6) is 0.958. The maximum absolute atomic E-state index is 5.79. The van der Waals surface area contributed by atoms with E-state index in [-0.39, 0.29) is 0 Å². The third-order valence-electron chi connectivity index (χ3n) is 5.34. The van der Waals surface area contributed by atoms with Gasteiger partial charge in [0.15, 0.2) is 0 Å². The van der Waals surface area contributed by atoms with Crippen LogP contribution in [0.2, 0.25) is 0 Å². The fraction of sp³-hybridized carbons (Fsp3) is 1.00. The van der Waals surface area contributed by atoms with Crippen LogP contribution in [0.15, 0.2) is 0 Å². The van der Waals surface area contributed by atoms with Gasteiger partial charge in [-0.1, -0.05) is 19.8 Å². The lowest BCUT2D eigenvalue weighted by Gasteiger charge is -2.45. The molecule has 3 atom stereocenters. The molecule has 2 fully saturated rings. The Labute approximate surface area is 125 Å². The monoisotopic (exact) mass is 282 g/mol. The minimum Gasteiger partial charge on any atom is -0.378 e. The van der Waals surface area contributed by atoms with Gasteiger partial charge >= 0.3 is 0 Å². The van der Waals surface area contributed by atoms with Crippen LogP contribution in [0.3, 0.4) is 0 Å². The van der Waals surface area contributed by atoms with Gasteiger partial charge in [0.2, 0.25) is 0 Å². The number of piperidine rings is 1. The third-order valence-corrected chi connectivity index (χ3v) is 5.34. The lowest BCUT2D eigenvalue weighted by molar-refractivity contribution is -0.00947. The van der Waals surface area contributed by atoms with Crippen molar-refractivity contribution in [2.45, 2.75) is 77.0 Å². The topological polar surface area (TPSA) is 24.5 Å². The summed E-state index contributed by atoms with van der Waals surface area (Å²) >= 11 is 0. The van der Waals surface area contributed by atoms with Crippen LogP contribution in [0.5, 0.6) is 0 Å². The maximum atomic E-state index is 5.79. The van der Waals surface area contributed by atoms with Crippen LogP contribution in [0.4, 0.5) is 0 Å². The number of rotatable bonds is 6. The van der Waals surface area contributed by atoms with Crippen LogP contribution in [0, 0.1) is 5.92 Å². The van der Waals surface area contributed by atoms with Gasteiger partial charge < -0.3 is 10.1 Å². The second-order valence-corrected chi connectivity index (χ2v) is 6.62. The molecule has 1 saturated carbocycles. The molecule has 118 valence electrons. The summed E-state index contributed by atoms with van der Waals surface area (Å²) in [6, 6.07) is 1.46. The Morgan fingerprint density at radius 1 is 1.10 bits per heavy atom. The quantitative estimate of drug-likeness (QED) is 0.810. The van der Waals surface area contributed by atoms with Gasteiger partial charge in [0.1, 0.15) is 0 Å². The fourth-order valence-electron chi connectivity index (χ4n) is 4.25. The Kier molecular flexibility index (Phi) is 6.79. The zero-order valence-electron chi connectivity index (χ0n) is 13.7. The highest BCUT2D eigenvalue weighted by Gasteiger charge is 2.34. The highest BCUT2D eigenvalue weighted by molar-refractivity contribution is 4.92. The Bertz CT molecular complexity index is 264. The van der Waals surface area contributed by atoms with Crippen molar-refractivity contribution in [1.82, 2.24) is 10.2 Å². The zero-order valence-corrected chi connectivity index (χ0v) is 13.7. The molecule has 1 aliphatic heterocycles. The molecule has 1 saturated heterocycles. The van der Waals surface area contributed by atoms with Crippen LogP contribution < -0.4 is 5.32 Å². The maximum Gasteiger partial charge on any atom is 0.0599 e. The first-order valence-electron chi connectivity index (χ1n) is 8.81. The minimum atomic E-state index is 0.513. The van der Waals surface area contributed by atoms with E-state index in [1.165, 1.54) is 58.0 Å². The highest BCUT2D eigenvalue weighted by atomic mass is 16.5. The van der Waals surface area contributed by atoms with E-state index in [1.54, 1.807) is 0 Å². The summed E-state index contributed by atoms with van der Waals surface area (Å²) in [7, 11) is 2.14. The van der Waals surface area contributed by atoms with Gasteiger partial charge in [0.05, 0.1) is 6.10 Å². The summed E-state index contributed by atoms with van der Waals surface area (Å²) in [5.41, 5.74) is 0. The molecule has 20 heavy (non-hydrogen) atoms. The Morgan fingerprint density at radius 3 is 2.45 bits per heavy atom. The van der Waals surface area contributed by atoms with Crippen LogP contribution >= 0.6 is 0 Å². The highest BCUT2D eigenvalue weighted by Crippen LogP contribution is 2.32. The Morgan fingerprint density at radius 2 is 1.85 bits per heavy atom. The third kappa shape index (κ3) is 4.19. The first-order chi connectivity index (χ1) is 9.78. The molecule has 2 rings (SSSR count). The van der Waals surface area contributed by atoms with E-state index in [9.17, 15) is 0 Å². The average Bonchev–Trinajstić information content (AvgIpc) is 2.49. The molecule has 2 aliphatic rings. The molecule has 0 bridgehead atoms. The number of nitrogens with one attached hydrogen (secondary N) is 1. The van der Waals surface area contributed by atoms with Crippen molar-refractivity contribution in [3.05, 3.63) is 0 Å². The summed E-state index contributed by atoms with van der Waals surface area (Å²) in [6.07, 6.45) is 9.90. The normalized spacial score (nSPS) is 33.5. The van der Waals surface area contributed by atoms with E-state index in [2.05, 4.69) is 31.1 Å². The predicted octanol–water partition coefficient (Wildman–Crippen LogP) is 3.04. The first kappa shape index (κ1) is 16.3. The van der Waals surface area contributed by atoms with Gasteiger partial charge in [-0.25, -0.2) is 0 Å². The lowest BCUT2D eigenvalue weighted by atomic mass is 9.79. The summed E-state index contributed by atoms with van der Waals surface area (Å²) in [5, 5.41) is 3.58. The van der Waals surface area contributed by atoms with Crippen molar-refractivity contribution in [3.63, 3.8) is 0 Å². The van der Waals surface area contributed by atoms with Gasteiger partial charge in [-0.05, 0) is 52.0 Å². The number of hydrogen-bond donors (Lipinski definition) is 1. The molecule has 0 amide bonds. The van der Waals surface area contributed by atoms with E-state index in [1.807, 2.05) is 0 Å². The number of ether oxygens (including phenoxy) is 1. The molecule has 1 N–H and O–H groups in total. The summed E-state index contributed by atoms with van der Waals surface area (Å²) in [6.45, 7) is 7.76. The van der Waals surface area contributed by atoms with E-state index >= 15 is 0 Å². The van der Waals surface area contributed by atoms with Crippen molar-refractivity contribution >= 4 is 0 Å². The van der Waals surface area contributed by atoms with Gasteiger partial charge in [-0.3, -0.25) is 4.90 Å². The van der Waals surface area contributed by atoms with Gasteiger partial charge in [0, 0.05) is 31.8 Å². The second-order valence-electron chi connectivity index (χ2n) is 6.62. The molecule has 0 aromatic heterocycles. The van der Waals surface area contributed by atoms with Crippen LogP contribution in [-0.2, 0) is 4.74 Å². The predicted molar refractivity (Wildman–Crippen MR) is 85.1 cm³/mol. The molecular weight excluding hydrogens is 248 g/mol. The summed E-state index contributed by atoms with van der Waals surface area (Å²) in [4.78, 5) is 2.75. The molecule has 0 aromatic carbocycles. The van der Waals surface area contributed by atoms with Crippen molar-refractivity contribution in [2.75, 3.05) is 26.7 Å². The fourth-order valence-corrected chi connectivity index (χ4v) is 4.25. The number of likely N-dealkylation sites (tertiary alicyclic amines) is 1. The second kappa shape index (κ2) is 8.35. The number of nitrogens with zero attached hydrogens (tertiary/aromatic N) is 1. The van der Waals surface area contributed by atoms with E-state index in [4.69, 9.17) is 4.74 Å². The lowest BCUT2D eigenvalue weighted by Crippen LogP contribution is -2.55. The van der Waals surface area contributed by atoms with Crippen molar-refractivity contribution in [1.29, 1.82) is 0 Å². The van der Waals surface area contributed by atoms with E-state index < -0.39 is 0 Å². The summed E-state index contributed by atoms with van der Waals surface area (Å²) < 4.78 is 5.79. The van der Waals surface area contributed by atoms with Crippen LogP contribution in [0.25, 0.3) is 0 Å². The molecule has 1 aliphatic carbocycles. The van der Waals surface area contributed by atoms with Crippen molar-refractivity contribution < 1.29 is 4.74 Å². The smallest absolute Gasteiger partial charge is 0.0599 e. The average molecular weight is 282 g/mol. The molecule has 3 heteroatoms.